The Morgan fingerprint density at radius 3 is 2.40 bits per heavy atom. The van der Waals surface area contributed by atoms with Crippen molar-refractivity contribution in [3.05, 3.63) is 41.5 Å². The summed E-state index contributed by atoms with van der Waals surface area (Å²) >= 11 is 0. The normalized spacial score (nSPS) is 13.3. The zero-order valence-electron chi connectivity index (χ0n) is 11.6. The van der Waals surface area contributed by atoms with Gasteiger partial charge >= 0.3 is 0 Å². The van der Waals surface area contributed by atoms with Crippen molar-refractivity contribution in [1.29, 1.82) is 0 Å². The molecule has 1 heterocycles. The van der Waals surface area contributed by atoms with Crippen LogP contribution in [0.15, 0.2) is 29.4 Å². The fourth-order valence-electron chi connectivity index (χ4n) is 2.27. The van der Waals surface area contributed by atoms with E-state index in [0.29, 0.717) is 22.6 Å². The minimum Gasteiger partial charge on any atom is -0.399 e. The Hall–Kier alpha value is -1.86. The Morgan fingerprint density at radius 2 is 1.90 bits per heavy atom. The molecule has 4 N–H and O–H groups in total. The van der Waals surface area contributed by atoms with Gasteiger partial charge in [-0.1, -0.05) is 0 Å². The number of nitrogens with zero attached hydrogens (tertiary/aromatic N) is 1. The second-order valence-corrected chi connectivity index (χ2v) is 6.45. The number of nitrogens with one attached hydrogen (secondary N) is 2. The molecule has 108 valence electrons. The van der Waals surface area contributed by atoms with Crippen molar-refractivity contribution >= 4 is 15.7 Å². The maximum atomic E-state index is 12.5. The number of anilines is 1. The molecule has 6 nitrogen and oxygen atoms in total. The predicted octanol–water partition coefficient (Wildman–Crippen LogP) is 1.65. The van der Waals surface area contributed by atoms with Crippen LogP contribution in [0.2, 0.25) is 0 Å². The summed E-state index contributed by atoms with van der Waals surface area (Å²) in [5, 5.41) is 0. The van der Waals surface area contributed by atoms with E-state index in [1.807, 2.05) is 0 Å². The quantitative estimate of drug-likeness (QED) is 0.746. The maximum absolute atomic E-state index is 12.5. The van der Waals surface area contributed by atoms with E-state index in [9.17, 15) is 8.42 Å². The number of sulfonamides is 1. The van der Waals surface area contributed by atoms with E-state index >= 15 is 0 Å². The van der Waals surface area contributed by atoms with E-state index in [0.717, 1.165) is 0 Å². The van der Waals surface area contributed by atoms with E-state index in [-0.39, 0.29) is 4.90 Å². The van der Waals surface area contributed by atoms with E-state index < -0.39 is 16.1 Å². The zero-order chi connectivity index (χ0) is 14.9. The molecule has 0 aliphatic rings. The van der Waals surface area contributed by atoms with Gasteiger partial charge in [-0.2, -0.15) is 0 Å². The molecule has 7 heteroatoms. The molecule has 0 saturated heterocycles. The van der Waals surface area contributed by atoms with Gasteiger partial charge in [0, 0.05) is 18.1 Å². The van der Waals surface area contributed by atoms with Crippen molar-refractivity contribution in [1.82, 2.24) is 14.7 Å². The summed E-state index contributed by atoms with van der Waals surface area (Å²) in [5.74, 6) is 0.569. The number of rotatable bonds is 4. The van der Waals surface area contributed by atoms with Crippen molar-refractivity contribution in [2.45, 2.75) is 31.7 Å². The van der Waals surface area contributed by atoms with Crippen molar-refractivity contribution < 1.29 is 8.42 Å². The SMILES string of the molecule is Cc1cc(N)cc(C)c1S(=O)(=O)NC(C)c1ncc[nH]1. The molecule has 0 fully saturated rings. The van der Waals surface area contributed by atoms with Gasteiger partial charge in [-0.25, -0.2) is 18.1 Å². The van der Waals surface area contributed by atoms with Crippen LogP contribution in [0.25, 0.3) is 0 Å². The van der Waals surface area contributed by atoms with Crippen LogP contribution in [0.4, 0.5) is 5.69 Å². The van der Waals surface area contributed by atoms with Gasteiger partial charge in [0.05, 0.1) is 10.9 Å². The summed E-state index contributed by atoms with van der Waals surface area (Å²) in [4.78, 5) is 7.21. The number of aryl methyl sites for hydroxylation is 2. The lowest BCUT2D eigenvalue weighted by molar-refractivity contribution is 0.560. The number of aromatic amines is 1. The van der Waals surface area contributed by atoms with Crippen LogP contribution in [-0.4, -0.2) is 18.4 Å². The summed E-state index contributed by atoms with van der Waals surface area (Å²) in [6, 6.07) is 2.87. The molecular formula is C13H18N4O2S. The summed E-state index contributed by atoms with van der Waals surface area (Å²) in [5.41, 5.74) is 7.53. The fourth-order valence-corrected chi connectivity index (χ4v) is 3.93. The van der Waals surface area contributed by atoms with Crippen molar-refractivity contribution in [3.8, 4) is 0 Å². The molecule has 0 bridgehead atoms. The molecular weight excluding hydrogens is 276 g/mol. The molecule has 0 amide bonds. The van der Waals surface area contributed by atoms with Crippen LogP contribution < -0.4 is 10.5 Å². The first-order chi connectivity index (χ1) is 9.31. The van der Waals surface area contributed by atoms with Gasteiger partial charge in [0.25, 0.3) is 0 Å². The van der Waals surface area contributed by atoms with Gasteiger partial charge in [-0.3, -0.25) is 0 Å². The lowest BCUT2D eigenvalue weighted by Crippen LogP contribution is -2.28. The van der Waals surface area contributed by atoms with Crippen LogP contribution in [0.3, 0.4) is 0 Å². The van der Waals surface area contributed by atoms with Gasteiger partial charge in [0.15, 0.2) is 0 Å². The Bertz CT molecular complexity index is 685. The molecule has 0 saturated carbocycles. The molecule has 1 unspecified atom stereocenters. The highest BCUT2D eigenvalue weighted by Crippen LogP contribution is 2.24. The molecule has 2 rings (SSSR count). The Balaban J connectivity index is 2.37. The summed E-state index contributed by atoms with van der Waals surface area (Å²) in [7, 11) is -3.63. The minimum absolute atomic E-state index is 0.269. The zero-order valence-corrected chi connectivity index (χ0v) is 12.5. The number of nitrogen functional groups attached to an aromatic ring is 1. The smallest absolute Gasteiger partial charge is 0.241 e. The average Bonchev–Trinajstić information content (AvgIpc) is 2.78. The van der Waals surface area contributed by atoms with E-state index in [2.05, 4.69) is 14.7 Å². The predicted molar refractivity (Wildman–Crippen MR) is 77.7 cm³/mol. The molecule has 1 aromatic heterocycles. The molecule has 0 aliphatic carbocycles. The van der Waals surface area contributed by atoms with Gasteiger partial charge in [0.1, 0.15) is 5.82 Å². The second kappa shape index (κ2) is 5.26. The third-order valence-corrected chi connectivity index (χ3v) is 4.86. The summed E-state index contributed by atoms with van der Waals surface area (Å²) in [6.45, 7) is 5.20. The Labute approximate surface area is 118 Å². The first kappa shape index (κ1) is 14.5. The summed E-state index contributed by atoms with van der Waals surface area (Å²) in [6.07, 6.45) is 3.24. The standard InChI is InChI=1S/C13H18N4O2S/c1-8-6-11(14)7-9(2)12(8)20(18,19)17-10(3)13-15-4-5-16-13/h4-7,10,17H,14H2,1-3H3,(H,15,16). The van der Waals surface area contributed by atoms with Crippen LogP contribution in [-0.2, 0) is 10.0 Å². The van der Waals surface area contributed by atoms with Crippen LogP contribution in [0.1, 0.15) is 29.9 Å². The molecule has 1 atom stereocenters. The second-order valence-electron chi connectivity index (χ2n) is 4.80. The highest BCUT2D eigenvalue weighted by Gasteiger charge is 2.23. The van der Waals surface area contributed by atoms with Gasteiger partial charge < -0.3 is 10.7 Å². The highest BCUT2D eigenvalue weighted by molar-refractivity contribution is 7.89. The summed E-state index contributed by atoms with van der Waals surface area (Å²) < 4.78 is 27.6. The highest BCUT2D eigenvalue weighted by atomic mass is 32.2. The third kappa shape index (κ3) is 2.83. The van der Waals surface area contributed by atoms with Gasteiger partial charge in [-0.05, 0) is 44.0 Å². The third-order valence-electron chi connectivity index (χ3n) is 3.01. The Kier molecular flexibility index (Phi) is 3.82. The lowest BCUT2D eigenvalue weighted by Gasteiger charge is -2.16. The first-order valence-corrected chi connectivity index (χ1v) is 7.68. The molecule has 2 aromatic rings. The molecule has 20 heavy (non-hydrogen) atoms. The number of benzene rings is 1. The molecule has 0 spiro atoms. The Morgan fingerprint density at radius 1 is 1.30 bits per heavy atom. The van der Waals surface area contributed by atoms with Crippen molar-refractivity contribution in [2.24, 2.45) is 0 Å². The number of aromatic nitrogens is 2. The van der Waals surface area contributed by atoms with Crippen molar-refractivity contribution in [2.75, 3.05) is 5.73 Å². The topological polar surface area (TPSA) is 101 Å². The average molecular weight is 294 g/mol. The minimum atomic E-state index is -3.63. The van der Waals surface area contributed by atoms with E-state index in [4.69, 9.17) is 5.73 Å². The largest absolute Gasteiger partial charge is 0.399 e. The molecule has 0 radical (unpaired) electrons. The van der Waals surface area contributed by atoms with E-state index in [1.54, 1.807) is 45.3 Å². The number of imidazole rings is 1. The first-order valence-electron chi connectivity index (χ1n) is 6.19. The lowest BCUT2D eigenvalue weighted by atomic mass is 10.1. The van der Waals surface area contributed by atoms with Gasteiger partial charge in [0.2, 0.25) is 10.0 Å². The maximum Gasteiger partial charge on any atom is 0.241 e. The van der Waals surface area contributed by atoms with E-state index in [1.165, 1.54) is 0 Å². The number of hydrogen-bond acceptors (Lipinski definition) is 4. The monoisotopic (exact) mass is 294 g/mol. The van der Waals surface area contributed by atoms with Crippen LogP contribution in [0, 0.1) is 13.8 Å². The molecule has 0 aliphatic heterocycles. The number of hydrogen-bond donors (Lipinski definition) is 3. The number of H-pyrrole nitrogens is 1. The molecule has 1 aromatic carbocycles. The fraction of sp³-hybridized carbons (Fsp3) is 0.308. The number of nitrogens with two attached hydrogens (primary N) is 1. The van der Waals surface area contributed by atoms with Crippen LogP contribution >= 0.6 is 0 Å². The van der Waals surface area contributed by atoms with Crippen molar-refractivity contribution in [3.63, 3.8) is 0 Å². The van der Waals surface area contributed by atoms with Gasteiger partial charge in [-0.15, -0.1) is 0 Å². The van der Waals surface area contributed by atoms with Crippen LogP contribution in [0.5, 0.6) is 0 Å².